The summed E-state index contributed by atoms with van der Waals surface area (Å²) in [6.45, 7) is 3.73. The van der Waals surface area contributed by atoms with E-state index in [1.165, 1.54) is 5.56 Å². The minimum absolute atomic E-state index is 0.256. The molecular weight excluding hydrogens is 254 g/mol. The summed E-state index contributed by atoms with van der Waals surface area (Å²) in [7, 11) is 0. The smallest absolute Gasteiger partial charge is 0.0762 e. The molecule has 4 heteroatoms. The molecule has 1 saturated heterocycles. The second-order valence-corrected chi connectivity index (χ2v) is 6.36. The highest BCUT2D eigenvalue weighted by atomic mass is 35.5. The Kier molecular flexibility index (Phi) is 4.36. The third-order valence-electron chi connectivity index (χ3n) is 3.20. The maximum atomic E-state index is 10.3. The van der Waals surface area contributed by atoms with Crippen molar-refractivity contribution >= 4 is 23.4 Å². The SMILES string of the molecule is CC1(O)CCNCC1SCc1ccc(Cl)cc1. The van der Waals surface area contributed by atoms with Crippen molar-refractivity contribution in [3.8, 4) is 0 Å². The Morgan fingerprint density at radius 1 is 1.47 bits per heavy atom. The Labute approximate surface area is 112 Å². The average molecular weight is 272 g/mol. The molecule has 0 aliphatic carbocycles. The van der Waals surface area contributed by atoms with E-state index in [0.29, 0.717) is 0 Å². The minimum Gasteiger partial charge on any atom is -0.389 e. The van der Waals surface area contributed by atoms with E-state index in [-0.39, 0.29) is 5.25 Å². The Bertz CT molecular complexity index is 366. The molecule has 17 heavy (non-hydrogen) atoms. The summed E-state index contributed by atoms with van der Waals surface area (Å²) in [5, 5.41) is 14.6. The molecule has 0 saturated carbocycles. The van der Waals surface area contributed by atoms with Crippen molar-refractivity contribution in [1.29, 1.82) is 0 Å². The highest BCUT2D eigenvalue weighted by Crippen LogP contribution is 2.30. The fourth-order valence-electron chi connectivity index (χ4n) is 1.97. The molecule has 1 aromatic carbocycles. The summed E-state index contributed by atoms with van der Waals surface area (Å²) in [4.78, 5) is 0. The van der Waals surface area contributed by atoms with Crippen molar-refractivity contribution in [2.24, 2.45) is 0 Å². The molecule has 1 aliphatic rings. The lowest BCUT2D eigenvalue weighted by Gasteiger charge is -2.37. The first kappa shape index (κ1) is 13.2. The monoisotopic (exact) mass is 271 g/mol. The quantitative estimate of drug-likeness (QED) is 0.887. The molecule has 0 bridgehead atoms. The normalized spacial score (nSPS) is 29.2. The molecule has 2 atom stereocenters. The van der Waals surface area contributed by atoms with Crippen molar-refractivity contribution in [2.45, 2.75) is 29.9 Å². The van der Waals surface area contributed by atoms with Gasteiger partial charge in [-0.2, -0.15) is 0 Å². The molecule has 2 N–H and O–H groups in total. The molecule has 1 aliphatic heterocycles. The van der Waals surface area contributed by atoms with Crippen molar-refractivity contribution in [3.05, 3.63) is 34.9 Å². The van der Waals surface area contributed by atoms with Crippen LogP contribution in [0.5, 0.6) is 0 Å². The Balaban J connectivity index is 1.91. The summed E-state index contributed by atoms with van der Waals surface area (Å²) >= 11 is 7.66. The number of hydrogen-bond donors (Lipinski definition) is 2. The van der Waals surface area contributed by atoms with E-state index in [0.717, 1.165) is 30.3 Å². The van der Waals surface area contributed by atoms with Crippen LogP contribution in [0.15, 0.2) is 24.3 Å². The van der Waals surface area contributed by atoms with Crippen LogP contribution in [0.4, 0.5) is 0 Å². The van der Waals surface area contributed by atoms with Gasteiger partial charge in [-0.3, -0.25) is 0 Å². The van der Waals surface area contributed by atoms with Crippen molar-refractivity contribution < 1.29 is 5.11 Å². The zero-order chi connectivity index (χ0) is 12.3. The van der Waals surface area contributed by atoms with Crippen LogP contribution in [0.25, 0.3) is 0 Å². The number of piperidine rings is 1. The minimum atomic E-state index is -0.553. The van der Waals surface area contributed by atoms with Crippen molar-refractivity contribution in [3.63, 3.8) is 0 Å². The predicted molar refractivity (Wildman–Crippen MR) is 74.6 cm³/mol. The van der Waals surface area contributed by atoms with Crippen LogP contribution in [-0.4, -0.2) is 29.0 Å². The zero-order valence-corrected chi connectivity index (χ0v) is 11.5. The third-order valence-corrected chi connectivity index (χ3v) is 5.02. The second-order valence-electron chi connectivity index (χ2n) is 4.74. The fraction of sp³-hybridized carbons (Fsp3) is 0.538. The number of nitrogens with one attached hydrogen (secondary N) is 1. The van der Waals surface area contributed by atoms with Crippen LogP contribution in [0.3, 0.4) is 0 Å². The van der Waals surface area contributed by atoms with Crippen LogP contribution < -0.4 is 5.32 Å². The first-order valence-electron chi connectivity index (χ1n) is 5.87. The maximum absolute atomic E-state index is 10.3. The van der Waals surface area contributed by atoms with Crippen LogP contribution >= 0.6 is 23.4 Å². The third kappa shape index (κ3) is 3.62. The average Bonchev–Trinajstić information content (AvgIpc) is 2.29. The fourth-order valence-corrected chi connectivity index (χ4v) is 3.40. The summed E-state index contributed by atoms with van der Waals surface area (Å²) in [5.41, 5.74) is 0.697. The standard InChI is InChI=1S/C13H18ClNOS/c1-13(16)6-7-15-8-12(13)17-9-10-2-4-11(14)5-3-10/h2-5,12,15-16H,6-9H2,1H3. The lowest BCUT2D eigenvalue weighted by Crippen LogP contribution is -2.50. The molecule has 1 aromatic rings. The number of aliphatic hydroxyl groups is 1. The van der Waals surface area contributed by atoms with Gasteiger partial charge in [-0.05, 0) is 37.6 Å². The Hall–Kier alpha value is -0.220. The van der Waals surface area contributed by atoms with Gasteiger partial charge in [0.05, 0.1) is 5.60 Å². The molecule has 0 aromatic heterocycles. The van der Waals surface area contributed by atoms with E-state index in [9.17, 15) is 5.11 Å². The van der Waals surface area contributed by atoms with Crippen LogP contribution in [0.1, 0.15) is 18.9 Å². The first-order valence-corrected chi connectivity index (χ1v) is 7.30. The number of rotatable bonds is 3. The van der Waals surface area contributed by atoms with Crippen LogP contribution in [0, 0.1) is 0 Å². The van der Waals surface area contributed by atoms with Crippen molar-refractivity contribution in [1.82, 2.24) is 5.32 Å². The number of halogens is 1. The highest BCUT2D eigenvalue weighted by molar-refractivity contribution is 7.99. The molecule has 2 rings (SSSR count). The molecule has 0 spiro atoms. The van der Waals surface area contributed by atoms with Crippen LogP contribution in [0.2, 0.25) is 5.02 Å². The molecular formula is C13H18ClNOS. The molecule has 2 unspecified atom stereocenters. The van der Waals surface area contributed by atoms with Gasteiger partial charge >= 0.3 is 0 Å². The molecule has 0 radical (unpaired) electrons. The van der Waals surface area contributed by atoms with E-state index in [4.69, 9.17) is 11.6 Å². The van der Waals surface area contributed by atoms with Crippen LogP contribution in [-0.2, 0) is 5.75 Å². The van der Waals surface area contributed by atoms with E-state index in [2.05, 4.69) is 5.32 Å². The Morgan fingerprint density at radius 2 is 2.18 bits per heavy atom. The number of benzene rings is 1. The zero-order valence-electron chi connectivity index (χ0n) is 9.95. The van der Waals surface area contributed by atoms with Gasteiger partial charge in [0, 0.05) is 22.6 Å². The lowest BCUT2D eigenvalue weighted by molar-refractivity contribution is 0.0355. The Morgan fingerprint density at radius 3 is 2.82 bits per heavy atom. The van der Waals surface area contributed by atoms with Gasteiger partial charge in [-0.15, -0.1) is 11.8 Å². The van der Waals surface area contributed by atoms with E-state index < -0.39 is 5.60 Å². The topological polar surface area (TPSA) is 32.3 Å². The van der Waals surface area contributed by atoms with Crippen molar-refractivity contribution in [2.75, 3.05) is 13.1 Å². The van der Waals surface area contributed by atoms with Gasteiger partial charge in [0.15, 0.2) is 0 Å². The predicted octanol–water partition coefficient (Wildman–Crippen LogP) is 2.69. The number of hydrogen-bond acceptors (Lipinski definition) is 3. The molecule has 1 heterocycles. The number of thioether (sulfide) groups is 1. The van der Waals surface area contributed by atoms with Gasteiger partial charge in [0.25, 0.3) is 0 Å². The largest absolute Gasteiger partial charge is 0.389 e. The lowest BCUT2D eigenvalue weighted by atomic mass is 9.94. The maximum Gasteiger partial charge on any atom is 0.0762 e. The summed E-state index contributed by atoms with van der Waals surface area (Å²) in [6.07, 6.45) is 0.825. The van der Waals surface area contributed by atoms with Gasteiger partial charge < -0.3 is 10.4 Å². The molecule has 2 nitrogen and oxygen atoms in total. The van der Waals surface area contributed by atoms with E-state index in [1.54, 1.807) is 0 Å². The first-order chi connectivity index (χ1) is 8.08. The van der Waals surface area contributed by atoms with Gasteiger partial charge in [-0.25, -0.2) is 0 Å². The summed E-state index contributed by atoms with van der Waals surface area (Å²) < 4.78 is 0. The molecule has 94 valence electrons. The second kappa shape index (κ2) is 5.61. The van der Waals surface area contributed by atoms with E-state index >= 15 is 0 Å². The summed E-state index contributed by atoms with van der Waals surface area (Å²) in [6, 6.07) is 7.91. The van der Waals surface area contributed by atoms with Gasteiger partial charge in [0.1, 0.15) is 0 Å². The summed E-state index contributed by atoms with van der Waals surface area (Å²) in [5.74, 6) is 0.916. The molecule has 1 fully saturated rings. The molecule has 0 amide bonds. The van der Waals surface area contributed by atoms with Gasteiger partial charge in [-0.1, -0.05) is 23.7 Å². The van der Waals surface area contributed by atoms with Gasteiger partial charge in [0.2, 0.25) is 0 Å². The highest BCUT2D eigenvalue weighted by Gasteiger charge is 2.34. The van der Waals surface area contributed by atoms with E-state index in [1.807, 2.05) is 43.0 Å².